The summed E-state index contributed by atoms with van der Waals surface area (Å²) in [5, 5.41) is 2.58. The van der Waals surface area contributed by atoms with Crippen LogP contribution >= 0.6 is 11.6 Å². The number of hydrogen-bond donors (Lipinski definition) is 0. The Morgan fingerprint density at radius 1 is 1.07 bits per heavy atom. The molecule has 150 valence electrons. The van der Waals surface area contributed by atoms with E-state index in [-0.39, 0.29) is 11.8 Å². The zero-order chi connectivity index (χ0) is 21.0. The summed E-state index contributed by atoms with van der Waals surface area (Å²) in [5.41, 5.74) is 3.49. The third-order valence-electron chi connectivity index (χ3n) is 5.85. The first kappa shape index (κ1) is 19.0. The van der Waals surface area contributed by atoms with E-state index >= 15 is 0 Å². The summed E-state index contributed by atoms with van der Waals surface area (Å²) in [4.78, 5) is 12.5. The number of ether oxygens (including phenoxy) is 2. The molecule has 30 heavy (non-hydrogen) atoms. The lowest BCUT2D eigenvalue weighted by atomic mass is 9.90. The van der Waals surface area contributed by atoms with Gasteiger partial charge in [-0.2, -0.15) is 0 Å². The number of hydrogen-bond acceptors (Lipinski definition) is 3. The summed E-state index contributed by atoms with van der Waals surface area (Å²) in [6, 6.07) is 15.9. The summed E-state index contributed by atoms with van der Waals surface area (Å²) >= 11 is 6.56. The fourth-order valence-corrected chi connectivity index (χ4v) is 4.85. The zero-order valence-electron chi connectivity index (χ0n) is 16.9. The van der Waals surface area contributed by atoms with Crippen LogP contribution in [-0.4, -0.2) is 5.97 Å². The second-order valence-corrected chi connectivity index (χ2v) is 8.50. The third kappa shape index (κ3) is 2.93. The van der Waals surface area contributed by atoms with Crippen molar-refractivity contribution in [1.29, 1.82) is 0 Å². The topological polar surface area (TPSA) is 35.5 Å². The number of fused-ring (bicyclic) bond motifs is 6. The first-order valence-electron chi connectivity index (χ1n) is 10.0. The van der Waals surface area contributed by atoms with Gasteiger partial charge in [-0.25, -0.2) is 4.79 Å². The van der Waals surface area contributed by atoms with Gasteiger partial charge in [0, 0.05) is 44.3 Å². The van der Waals surface area contributed by atoms with Crippen molar-refractivity contribution >= 4 is 28.3 Å². The van der Waals surface area contributed by atoms with Crippen LogP contribution in [0.25, 0.3) is 10.8 Å². The number of benzene rings is 3. The maximum Gasteiger partial charge on any atom is 0.338 e. The Morgan fingerprint density at radius 3 is 2.57 bits per heavy atom. The van der Waals surface area contributed by atoms with Gasteiger partial charge in [-0.15, -0.1) is 0 Å². The number of para-hydroxylation sites is 1. The minimum Gasteiger partial charge on any atom is -0.456 e. The summed E-state index contributed by atoms with van der Waals surface area (Å²) in [5.74, 6) is 1.89. The van der Waals surface area contributed by atoms with E-state index in [1.807, 2.05) is 49.4 Å². The Hall–Kier alpha value is -3.04. The molecule has 0 aliphatic heterocycles. The van der Waals surface area contributed by atoms with Gasteiger partial charge in [0.15, 0.2) is 0 Å². The van der Waals surface area contributed by atoms with E-state index in [4.69, 9.17) is 21.1 Å². The Bertz CT molecular complexity index is 1240. The minimum absolute atomic E-state index is 0.0171. The van der Waals surface area contributed by atoms with Crippen molar-refractivity contribution in [2.24, 2.45) is 0 Å². The number of rotatable bonds is 4. The highest BCUT2D eigenvalue weighted by Crippen LogP contribution is 2.61. The van der Waals surface area contributed by atoms with Gasteiger partial charge in [0.1, 0.15) is 17.2 Å². The van der Waals surface area contributed by atoms with E-state index in [0.29, 0.717) is 11.3 Å². The Kier molecular flexibility index (Phi) is 4.44. The molecule has 3 aromatic carbocycles. The molecule has 0 aromatic heterocycles. The van der Waals surface area contributed by atoms with Gasteiger partial charge in [-0.3, -0.25) is 0 Å². The lowest BCUT2D eigenvalue weighted by Gasteiger charge is -2.24. The molecule has 4 heteroatoms. The first-order chi connectivity index (χ1) is 14.4. The van der Waals surface area contributed by atoms with Crippen LogP contribution in [0.15, 0.2) is 71.8 Å². The normalized spacial score (nSPS) is 18.8. The monoisotopic (exact) mass is 416 g/mol. The van der Waals surface area contributed by atoms with Crippen LogP contribution in [0, 0.1) is 6.92 Å². The van der Waals surface area contributed by atoms with Gasteiger partial charge in [0.2, 0.25) is 0 Å². The number of aryl methyl sites for hydroxylation is 1. The molecule has 0 spiro atoms. The van der Waals surface area contributed by atoms with Crippen LogP contribution in [-0.2, 0) is 4.79 Å². The summed E-state index contributed by atoms with van der Waals surface area (Å²) < 4.78 is 12.4. The maximum absolute atomic E-state index is 12.5. The Morgan fingerprint density at radius 2 is 1.83 bits per heavy atom. The van der Waals surface area contributed by atoms with E-state index in [1.54, 1.807) is 6.92 Å². The van der Waals surface area contributed by atoms with Crippen LogP contribution < -0.4 is 9.47 Å². The van der Waals surface area contributed by atoms with Gasteiger partial charge in [0.25, 0.3) is 0 Å². The molecule has 5 rings (SSSR count). The molecule has 2 aliphatic rings. The van der Waals surface area contributed by atoms with Gasteiger partial charge < -0.3 is 9.47 Å². The molecule has 0 heterocycles. The lowest BCUT2D eigenvalue weighted by Crippen LogP contribution is -2.12. The molecular formula is C26H21ClO3. The Balaban J connectivity index is 1.81. The average Bonchev–Trinajstić information content (AvgIpc) is 3.28. The fraction of sp³-hybridized carbons (Fsp3) is 0.192. The van der Waals surface area contributed by atoms with E-state index in [1.165, 1.54) is 0 Å². The molecule has 3 aromatic rings. The van der Waals surface area contributed by atoms with Crippen molar-refractivity contribution in [2.75, 3.05) is 0 Å². The summed E-state index contributed by atoms with van der Waals surface area (Å²) in [6.45, 7) is 7.44. The Labute approximate surface area is 180 Å². The zero-order valence-corrected chi connectivity index (χ0v) is 17.6. The third-order valence-corrected chi connectivity index (χ3v) is 6.24. The first-order valence-corrected chi connectivity index (χ1v) is 10.4. The smallest absolute Gasteiger partial charge is 0.338 e. The van der Waals surface area contributed by atoms with E-state index in [0.717, 1.165) is 50.4 Å². The molecule has 2 atom stereocenters. The highest BCUT2D eigenvalue weighted by molar-refractivity contribution is 6.31. The molecular weight excluding hydrogens is 396 g/mol. The highest BCUT2D eigenvalue weighted by Gasteiger charge is 2.43. The predicted molar refractivity (Wildman–Crippen MR) is 120 cm³/mol. The van der Waals surface area contributed by atoms with Gasteiger partial charge >= 0.3 is 5.97 Å². The van der Waals surface area contributed by atoms with Crippen molar-refractivity contribution in [3.05, 3.63) is 88.5 Å². The molecule has 0 amide bonds. The maximum atomic E-state index is 12.5. The second kappa shape index (κ2) is 7.03. The van der Waals surface area contributed by atoms with Crippen LogP contribution in [0.3, 0.4) is 0 Å². The van der Waals surface area contributed by atoms with Crippen LogP contribution in [0.1, 0.15) is 41.9 Å². The van der Waals surface area contributed by atoms with Crippen LogP contribution in [0.2, 0.25) is 0 Å². The van der Waals surface area contributed by atoms with E-state index in [9.17, 15) is 4.79 Å². The molecule has 0 N–H and O–H groups in total. The number of allylic oxidation sites excluding steroid dienone is 2. The van der Waals surface area contributed by atoms with E-state index in [2.05, 4.69) is 18.7 Å². The molecule has 0 saturated carbocycles. The molecule has 0 radical (unpaired) electrons. The van der Waals surface area contributed by atoms with Gasteiger partial charge in [0.05, 0.1) is 0 Å². The quantitative estimate of drug-likeness (QED) is 0.258. The standard InChI is InChI=1S/C26H21ClO3/c1-14(2)26(28)30-24-18-10-9-15(3)11-19(18)25(29-17-7-5-4-6-8-17)22-16-12-20(23(22)24)21(27)13-16/h4-11,13,16,20H,1,12H2,2-3H3. The molecule has 0 saturated heterocycles. The molecule has 2 bridgehead atoms. The fourth-order valence-electron chi connectivity index (χ4n) is 4.50. The number of carbonyl (C=O) groups is 1. The minimum atomic E-state index is -0.432. The van der Waals surface area contributed by atoms with Crippen LogP contribution in [0.5, 0.6) is 17.2 Å². The van der Waals surface area contributed by atoms with Crippen molar-refractivity contribution in [1.82, 2.24) is 0 Å². The second-order valence-electron chi connectivity index (χ2n) is 8.07. The summed E-state index contributed by atoms with van der Waals surface area (Å²) in [6.07, 6.45) is 2.96. The van der Waals surface area contributed by atoms with Gasteiger partial charge in [-0.1, -0.05) is 60.2 Å². The van der Waals surface area contributed by atoms with Crippen LogP contribution in [0.4, 0.5) is 0 Å². The molecule has 2 aliphatic carbocycles. The predicted octanol–water partition coefficient (Wildman–Crippen LogP) is 7.13. The lowest BCUT2D eigenvalue weighted by molar-refractivity contribution is -0.130. The summed E-state index contributed by atoms with van der Waals surface area (Å²) in [7, 11) is 0. The SMILES string of the molecule is C=C(C)C(=O)Oc1c2c(c(Oc3ccccc3)c3cc(C)ccc13)C1C=C(Cl)C2C1. The van der Waals surface area contributed by atoms with Crippen molar-refractivity contribution in [2.45, 2.75) is 32.1 Å². The largest absolute Gasteiger partial charge is 0.456 e. The molecule has 2 unspecified atom stereocenters. The number of halogens is 1. The average molecular weight is 417 g/mol. The number of carbonyl (C=O) groups excluding carboxylic acids is 1. The highest BCUT2D eigenvalue weighted by atomic mass is 35.5. The van der Waals surface area contributed by atoms with Crippen molar-refractivity contribution in [3.8, 4) is 17.2 Å². The van der Waals surface area contributed by atoms with Crippen molar-refractivity contribution < 1.29 is 14.3 Å². The van der Waals surface area contributed by atoms with E-state index < -0.39 is 5.97 Å². The molecule has 3 nitrogen and oxygen atoms in total. The van der Waals surface area contributed by atoms with Crippen molar-refractivity contribution in [3.63, 3.8) is 0 Å². The number of esters is 1. The molecule has 0 fully saturated rings. The van der Waals surface area contributed by atoms with Gasteiger partial charge in [-0.05, 0) is 38.5 Å².